The molecule has 7 nitrogen and oxygen atoms in total. The average molecular weight is 497 g/mol. The lowest BCUT2D eigenvalue weighted by Gasteiger charge is -2.21. The van der Waals surface area contributed by atoms with Crippen molar-refractivity contribution in [1.82, 2.24) is 14.3 Å². The number of sulfonamides is 1. The van der Waals surface area contributed by atoms with Crippen LogP contribution >= 0.6 is 23.7 Å². The van der Waals surface area contributed by atoms with Gasteiger partial charge in [0.2, 0.25) is 0 Å². The van der Waals surface area contributed by atoms with Crippen LogP contribution in [0.5, 0.6) is 0 Å². The standard InChI is InChI=1S/C20H15ClF2N4O3S2/c21-13-4-6-17(26-32(29,30)19-2-1-7-27-18(19)11-25-31-27)15(8-13)20(28)24-10-12-3-5-14(22)9-16(12)23/h1-9,11,25-26H,10H2,(H,24,28). The van der Waals surface area contributed by atoms with Crippen molar-refractivity contribution < 1.29 is 22.0 Å². The van der Waals surface area contributed by atoms with Crippen molar-refractivity contribution in [2.75, 3.05) is 4.72 Å². The van der Waals surface area contributed by atoms with Gasteiger partial charge in [0.25, 0.3) is 15.9 Å². The molecule has 0 atom stereocenters. The van der Waals surface area contributed by atoms with E-state index in [4.69, 9.17) is 11.6 Å². The molecule has 166 valence electrons. The molecule has 0 radical (unpaired) electrons. The lowest BCUT2D eigenvalue weighted by atomic mass is 10.1. The Hall–Kier alpha value is -3.02. The number of hydrogen-bond donors (Lipinski definition) is 3. The highest BCUT2D eigenvalue weighted by atomic mass is 35.5. The summed E-state index contributed by atoms with van der Waals surface area (Å²) in [5, 5.41) is 2.70. The molecule has 0 saturated carbocycles. The van der Waals surface area contributed by atoms with E-state index in [0.29, 0.717) is 11.8 Å². The number of nitrogens with one attached hydrogen (secondary N) is 3. The van der Waals surface area contributed by atoms with E-state index in [1.165, 1.54) is 42.5 Å². The molecule has 4 rings (SSSR count). The lowest BCUT2D eigenvalue weighted by molar-refractivity contribution is 0.0951. The molecule has 0 saturated heterocycles. The molecular formula is C20H15ClF2N4O3S2. The Morgan fingerprint density at radius 1 is 1.19 bits per heavy atom. The molecule has 2 aromatic rings. The summed E-state index contributed by atoms with van der Waals surface area (Å²) >= 11 is 7.21. The monoisotopic (exact) mass is 496 g/mol. The molecular weight excluding hydrogens is 482 g/mol. The molecule has 12 heteroatoms. The van der Waals surface area contributed by atoms with Gasteiger partial charge < -0.3 is 10.0 Å². The van der Waals surface area contributed by atoms with Crippen LogP contribution in [-0.2, 0) is 16.6 Å². The summed E-state index contributed by atoms with van der Waals surface area (Å²) in [6, 6.07) is 7.08. The lowest BCUT2D eigenvalue weighted by Crippen LogP contribution is -2.26. The van der Waals surface area contributed by atoms with Gasteiger partial charge in [-0.3, -0.25) is 13.8 Å². The predicted molar refractivity (Wildman–Crippen MR) is 119 cm³/mol. The zero-order valence-corrected chi connectivity index (χ0v) is 18.5. The number of allylic oxidation sites excluding steroid dienone is 2. The van der Waals surface area contributed by atoms with E-state index in [9.17, 15) is 22.0 Å². The molecule has 0 spiro atoms. The zero-order chi connectivity index (χ0) is 22.9. The Balaban J connectivity index is 1.57. The molecule has 0 aliphatic carbocycles. The van der Waals surface area contributed by atoms with Crippen LogP contribution in [0.1, 0.15) is 15.9 Å². The summed E-state index contributed by atoms with van der Waals surface area (Å²) in [6.45, 7) is -0.232. The van der Waals surface area contributed by atoms with Crippen molar-refractivity contribution in [1.29, 1.82) is 0 Å². The highest BCUT2D eigenvalue weighted by Gasteiger charge is 2.30. The molecule has 0 unspecified atom stereocenters. The fourth-order valence-electron chi connectivity index (χ4n) is 2.99. The smallest absolute Gasteiger partial charge is 0.264 e. The normalized spacial score (nSPS) is 14.9. The summed E-state index contributed by atoms with van der Waals surface area (Å²) in [7, 11) is -4.07. The summed E-state index contributed by atoms with van der Waals surface area (Å²) in [6.07, 6.45) is 6.26. The van der Waals surface area contributed by atoms with Gasteiger partial charge in [0.1, 0.15) is 16.5 Å². The van der Waals surface area contributed by atoms with E-state index in [1.54, 1.807) is 22.8 Å². The third-order valence-corrected chi connectivity index (χ3v) is 6.91. The van der Waals surface area contributed by atoms with Crippen LogP contribution in [0.4, 0.5) is 14.5 Å². The van der Waals surface area contributed by atoms with Crippen LogP contribution in [0.2, 0.25) is 5.02 Å². The molecule has 3 N–H and O–H groups in total. The SMILES string of the molecule is O=C(NCc1ccc(F)cc1F)c1cc(Cl)ccc1NS(=O)(=O)C1=CC=CN2SNC=C12. The quantitative estimate of drug-likeness (QED) is 0.523. The van der Waals surface area contributed by atoms with E-state index in [-0.39, 0.29) is 33.3 Å². The number of fused-ring (bicyclic) bond motifs is 1. The maximum atomic E-state index is 13.9. The van der Waals surface area contributed by atoms with E-state index < -0.39 is 27.6 Å². The number of halogens is 3. The van der Waals surface area contributed by atoms with Crippen LogP contribution in [-0.4, -0.2) is 18.6 Å². The van der Waals surface area contributed by atoms with E-state index >= 15 is 0 Å². The maximum Gasteiger partial charge on any atom is 0.264 e. The molecule has 0 aromatic heterocycles. The maximum absolute atomic E-state index is 13.9. The number of benzene rings is 2. The highest BCUT2D eigenvalue weighted by Crippen LogP contribution is 2.34. The van der Waals surface area contributed by atoms with Crippen LogP contribution in [0.3, 0.4) is 0 Å². The van der Waals surface area contributed by atoms with Gasteiger partial charge in [-0.25, -0.2) is 17.2 Å². The Morgan fingerprint density at radius 2 is 2.00 bits per heavy atom. The summed E-state index contributed by atoms with van der Waals surface area (Å²) < 4.78 is 59.9. The molecule has 2 aliphatic rings. The van der Waals surface area contributed by atoms with Gasteiger partial charge in [-0.05, 0) is 36.4 Å². The first kappa shape index (κ1) is 22.2. The van der Waals surface area contributed by atoms with Crippen molar-refractivity contribution in [3.05, 3.63) is 99.3 Å². The minimum atomic E-state index is -4.07. The second-order valence-electron chi connectivity index (χ2n) is 6.65. The highest BCUT2D eigenvalue weighted by molar-refractivity contribution is 7.97. The molecule has 0 fully saturated rings. The fourth-order valence-corrected chi connectivity index (χ4v) is 5.15. The van der Waals surface area contributed by atoms with Crippen molar-refractivity contribution in [3.8, 4) is 0 Å². The molecule has 1 amide bonds. The number of nitrogens with zero attached hydrogens (tertiary/aromatic N) is 1. The third kappa shape index (κ3) is 4.59. The van der Waals surface area contributed by atoms with E-state index in [2.05, 4.69) is 14.8 Å². The minimum absolute atomic E-state index is 0.00666. The van der Waals surface area contributed by atoms with Crippen molar-refractivity contribution in [2.24, 2.45) is 0 Å². The summed E-state index contributed by atoms with van der Waals surface area (Å²) in [4.78, 5) is 12.8. The van der Waals surface area contributed by atoms with Gasteiger partial charge in [0.05, 0.1) is 29.1 Å². The van der Waals surface area contributed by atoms with E-state index in [0.717, 1.165) is 6.07 Å². The molecule has 32 heavy (non-hydrogen) atoms. The van der Waals surface area contributed by atoms with Crippen LogP contribution < -0.4 is 14.8 Å². The molecule has 2 heterocycles. The molecule has 2 aromatic carbocycles. The van der Waals surface area contributed by atoms with Crippen LogP contribution in [0.15, 0.2) is 71.6 Å². The van der Waals surface area contributed by atoms with Gasteiger partial charge in [0.15, 0.2) is 0 Å². The zero-order valence-electron chi connectivity index (χ0n) is 16.1. The largest absolute Gasteiger partial charge is 0.348 e. The topological polar surface area (TPSA) is 90.5 Å². The van der Waals surface area contributed by atoms with Crippen LogP contribution in [0.25, 0.3) is 0 Å². The number of hydrogen-bond acceptors (Lipinski definition) is 6. The van der Waals surface area contributed by atoms with E-state index in [1.807, 2.05) is 0 Å². The second-order valence-corrected chi connectivity index (χ2v) is 9.55. The predicted octanol–water partition coefficient (Wildman–Crippen LogP) is 4.01. The summed E-state index contributed by atoms with van der Waals surface area (Å²) in [5.74, 6) is -2.23. The van der Waals surface area contributed by atoms with Crippen LogP contribution in [0, 0.1) is 11.6 Å². The van der Waals surface area contributed by atoms with Crippen molar-refractivity contribution >= 4 is 45.4 Å². The van der Waals surface area contributed by atoms with Gasteiger partial charge in [-0.2, -0.15) is 0 Å². The van der Waals surface area contributed by atoms with Crippen molar-refractivity contribution in [2.45, 2.75) is 6.54 Å². The number of amides is 1. The average Bonchev–Trinajstić information content (AvgIpc) is 3.23. The number of anilines is 1. The fraction of sp³-hybridized carbons (Fsp3) is 0.0500. The summed E-state index contributed by atoms with van der Waals surface area (Å²) in [5.41, 5.74) is 0.436. The van der Waals surface area contributed by atoms with Gasteiger partial charge >= 0.3 is 0 Å². The number of rotatable bonds is 6. The Kier molecular flexibility index (Phi) is 6.13. The molecule has 2 aliphatic heterocycles. The second kappa shape index (κ2) is 8.85. The Morgan fingerprint density at radius 3 is 2.78 bits per heavy atom. The first-order valence-corrected chi connectivity index (χ1v) is 11.7. The minimum Gasteiger partial charge on any atom is -0.348 e. The first-order chi connectivity index (χ1) is 15.2. The first-order valence-electron chi connectivity index (χ1n) is 9.10. The van der Waals surface area contributed by atoms with Gasteiger partial charge in [-0.1, -0.05) is 17.7 Å². The Bertz CT molecular complexity index is 1300. The van der Waals surface area contributed by atoms with Gasteiger partial charge in [-0.15, -0.1) is 0 Å². The third-order valence-electron chi connectivity index (χ3n) is 4.52. The Labute approximate surface area is 192 Å². The molecule has 0 bridgehead atoms. The number of carbonyl (C=O) groups excluding carboxylic acids is 1. The van der Waals surface area contributed by atoms with Crippen molar-refractivity contribution in [3.63, 3.8) is 0 Å². The van der Waals surface area contributed by atoms with Gasteiger partial charge in [0, 0.05) is 35.6 Å². The number of carbonyl (C=O) groups is 1.